The quantitative estimate of drug-likeness (QED) is 0.169. The van der Waals surface area contributed by atoms with Crippen molar-refractivity contribution >= 4 is 7.85 Å². The summed E-state index contributed by atoms with van der Waals surface area (Å²) in [7, 11) is 0.477. The lowest BCUT2D eigenvalue weighted by Gasteiger charge is -2.46. The molecule has 0 fully saturated rings. The second-order valence-corrected chi connectivity index (χ2v) is 3.40. The fourth-order valence-electron chi connectivity index (χ4n) is 0.657. The van der Waals surface area contributed by atoms with E-state index in [9.17, 15) is 5.11 Å². The van der Waals surface area contributed by atoms with Crippen molar-refractivity contribution in [1.29, 1.82) is 0 Å². The van der Waals surface area contributed by atoms with Crippen molar-refractivity contribution in [1.82, 2.24) is 0 Å². The molecule has 8 nitrogen and oxygen atoms in total. The van der Waals surface area contributed by atoms with Crippen molar-refractivity contribution < 1.29 is 40.9 Å². The Bertz CT molecular complexity index is 187. The molecular formula is C5H13BO8. The molecular weight excluding hydrogens is 199 g/mol. The summed E-state index contributed by atoms with van der Waals surface area (Å²) in [5.74, 6) is -11.2. The minimum atomic E-state index is -4.12. The van der Waals surface area contributed by atoms with Crippen LogP contribution in [-0.4, -0.2) is 71.7 Å². The second kappa shape index (κ2) is 3.12. The maximum atomic E-state index is 9.23. The lowest BCUT2D eigenvalue weighted by molar-refractivity contribution is -0.490. The summed E-state index contributed by atoms with van der Waals surface area (Å²) in [6.45, 7) is 0.555. The first-order valence-electron chi connectivity index (χ1n) is 3.54. The molecule has 0 aromatic rings. The SMILES string of the molecule is BC(O)(C(C)(O)O)C(O)(O)C(O)(O)O. The molecule has 0 amide bonds. The predicted octanol–water partition coefficient (Wildman–Crippen LogP) is -5.68. The van der Waals surface area contributed by atoms with E-state index >= 15 is 0 Å². The van der Waals surface area contributed by atoms with Crippen LogP contribution in [0.15, 0.2) is 0 Å². The molecule has 0 bridgehead atoms. The molecule has 0 radical (unpaired) electrons. The first kappa shape index (κ1) is 13.7. The van der Waals surface area contributed by atoms with Gasteiger partial charge in [-0.15, -0.1) is 0 Å². The Morgan fingerprint density at radius 2 is 1.07 bits per heavy atom. The molecule has 14 heavy (non-hydrogen) atoms. The molecule has 0 aliphatic rings. The molecule has 1 unspecified atom stereocenters. The Labute approximate surface area is 79.7 Å². The van der Waals surface area contributed by atoms with Gasteiger partial charge in [0.1, 0.15) is 5.50 Å². The van der Waals surface area contributed by atoms with Gasteiger partial charge < -0.3 is 40.9 Å². The van der Waals surface area contributed by atoms with Crippen LogP contribution in [0.2, 0.25) is 0 Å². The van der Waals surface area contributed by atoms with Crippen molar-refractivity contribution in [3.05, 3.63) is 0 Å². The van der Waals surface area contributed by atoms with E-state index in [1.165, 1.54) is 0 Å². The average Bonchev–Trinajstić information content (AvgIpc) is 1.81. The van der Waals surface area contributed by atoms with E-state index in [0.717, 1.165) is 0 Å². The van der Waals surface area contributed by atoms with E-state index in [0.29, 0.717) is 14.8 Å². The maximum Gasteiger partial charge on any atom is 0.335 e. The van der Waals surface area contributed by atoms with E-state index in [4.69, 9.17) is 35.7 Å². The van der Waals surface area contributed by atoms with Crippen LogP contribution in [0.5, 0.6) is 0 Å². The summed E-state index contributed by atoms with van der Waals surface area (Å²) in [5, 5.41) is 70.3. The molecule has 0 saturated carbocycles. The van der Waals surface area contributed by atoms with Gasteiger partial charge >= 0.3 is 5.97 Å². The highest BCUT2D eigenvalue weighted by Gasteiger charge is 2.65. The molecule has 1 atom stereocenters. The number of hydrogen-bond acceptors (Lipinski definition) is 8. The van der Waals surface area contributed by atoms with Gasteiger partial charge in [0.15, 0.2) is 13.6 Å². The van der Waals surface area contributed by atoms with Gasteiger partial charge in [-0.05, 0) is 6.92 Å². The van der Waals surface area contributed by atoms with E-state index in [2.05, 4.69) is 0 Å². The van der Waals surface area contributed by atoms with Crippen molar-refractivity contribution in [2.45, 2.75) is 30.0 Å². The van der Waals surface area contributed by atoms with Gasteiger partial charge in [-0.25, -0.2) is 0 Å². The van der Waals surface area contributed by atoms with Crippen molar-refractivity contribution in [3.8, 4) is 0 Å². The van der Waals surface area contributed by atoms with Crippen molar-refractivity contribution in [2.75, 3.05) is 0 Å². The molecule has 0 aromatic carbocycles. The summed E-state index contributed by atoms with van der Waals surface area (Å²) in [6, 6.07) is 0. The molecule has 0 aromatic heterocycles. The highest BCUT2D eigenvalue weighted by molar-refractivity contribution is 6.15. The smallest absolute Gasteiger partial charge is 0.335 e. The minimum Gasteiger partial charge on any atom is -0.388 e. The second-order valence-electron chi connectivity index (χ2n) is 3.40. The lowest BCUT2D eigenvalue weighted by Crippen LogP contribution is -2.75. The van der Waals surface area contributed by atoms with E-state index in [1.807, 2.05) is 0 Å². The number of aliphatic hydroxyl groups is 8. The molecule has 9 heteroatoms. The monoisotopic (exact) mass is 212 g/mol. The highest BCUT2D eigenvalue weighted by atomic mass is 16.7. The molecule has 0 heterocycles. The zero-order chi connectivity index (χ0) is 12.0. The Balaban J connectivity index is 5.30. The minimum absolute atomic E-state index is 0.477. The molecule has 0 spiro atoms. The van der Waals surface area contributed by atoms with Crippen molar-refractivity contribution in [3.63, 3.8) is 0 Å². The number of rotatable bonds is 3. The van der Waals surface area contributed by atoms with Crippen LogP contribution in [0.25, 0.3) is 0 Å². The van der Waals surface area contributed by atoms with Gasteiger partial charge in [0.25, 0.3) is 5.79 Å². The van der Waals surface area contributed by atoms with Crippen LogP contribution in [0.1, 0.15) is 6.92 Å². The van der Waals surface area contributed by atoms with E-state index < -0.39 is 23.0 Å². The van der Waals surface area contributed by atoms with Gasteiger partial charge in [0.05, 0.1) is 0 Å². The Hall–Kier alpha value is -0.255. The normalized spacial score (nSPS) is 19.2. The van der Waals surface area contributed by atoms with E-state index in [-0.39, 0.29) is 0 Å². The van der Waals surface area contributed by atoms with Crippen LogP contribution in [0.3, 0.4) is 0 Å². The average molecular weight is 212 g/mol. The molecule has 0 saturated heterocycles. The van der Waals surface area contributed by atoms with Gasteiger partial charge in [-0.2, -0.15) is 0 Å². The third-order valence-electron chi connectivity index (χ3n) is 2.07. The van der Waals surface area contributed by atoms with Gasteiger partial charge in [0, 0.05) is 0 Å². The molecule has 8 N–H and O–H groups in total. The zero-order valence-electron chi connectivity index (χ0n) is 7.58. The third kappa shape index (κ3) is 1.90. The van der Waals surface area contributed by atoms with Gasteiger partial charge in [-0.3, -0.25) is 0 Å². The van der Waals surface area contributed by atoms with Crippen LogP contribution >= 0.6 is 0 Å². The topological polar surface area (TPSA) is 162 Å². The zero-order valence-corrected chi connectivity index (χ0v) is 7.58. The van der Waals surface area contributed by atoms with Crippen molar-refractivity contribution in [2.24, 2.45) is 0 Å². The number of hydrogen-bond donors (Lipinski definition) is 8. The lowest BCUT2D eigenvalue weighted by atomic mass is 9.67. The summed E-state index contributed by atoms with van der Waals surface area (Å²) < 4.78 is 0. The highest BCUT2D eigenvalue weighted by Crippen LogP contribution is 2.32. The fraction of sp³-hybridized carbons (Fsp3) is 1.00. The Morgan fingerprint density at radius 1 is 0.786 bits per heavy atom. The summed E-state index contributed by atoms with van der Waals surface area (Å²) in [6.07, 6.45) is 0. The Kier molecular flexibility index (Phi) is 3.06. The van der Waals surface area contributed by atoms with Gasteiger partial charge in [-0.1, -0.05) is 0 Å². The Morgan fingerprint density at radius 3 is 1.14 bits per heavy atom. The van der Waals surface area contributed by atoms with Gasteiger partial charge in [0.2, 0.25) is 0 Å². The fourth-order valence-corrected chi connectivity index (χ4v) is 0.657. The van der Waals surface area contributed by atoms with E-state index in [1.54, 1.807) is 0 Å². The molecule has 84 valence electrons. The predicted molar refractivity (Wildman–Crippen MR) is 42.9 cm³/mol. The first-order chi connectivity index (χ1) is 5.75. The molecule has 0 aliphatic carbocycles. The third-order valence-corrected chi connectivity index (χ3v) is 2.07. The first-order valence-corrected chi connectivity index (χ1v) is 3.54. The largest absolute Gasteiger partial charge is 0.388 e. The van der Waals surface area contributed by atoms with Crippen LogP contribution < -0.4 is 0 Å². The molecule has 0 aliphatic heterocycles. The van der Waals surface area contributed by atoms with Crippen LogP contribution in [0.4, 0.5) is 0 Å². The maximum absolute atomic E-state index is 9.23. The molecule has 0 rings (SSSR count). The summed E-state index contributed by atoms with van der Waals surface area (Å²) in [5.41, 5.74) is -3.21. The standard InChI is InChI=1S/C5H13BO8/c1-2(7,8)3(6,9)4(10,11)5(12,13)14/h7-14H,6H2,1H3. The summed E-state index contributed by atoms with van der Waals surface area (Å²) in [4.78, 5) is 0. The van der Waals surface area contributed by atoms with Crippen LogP contribution in [0, 0.1) is 0 Å². The summed E-state index contributed by atoms with van der Waals surface area (Å²) >= 11 is 0. The van der Waals surface area contributed by atoms with Crippen LogP contribution in [-0.2, 0) is 0 Å².